The molecule has 0 bridgehead atoms. The Kier molecular flexibility index (Phi) is 4.48. The Morgan fingerprint density at radius 2 is 2.15 bits per heavy atom. The van der Waals surface area contributed by atoms with Crippen molar-refractivity contribution in [2.45, 2.75) is 32.4 Å². The summed E-state index contributed by atoms with van der Waals surface area (Å²) in [5.74, 6) is 1.16. The Hall–Kier alpha value is -3.02. The summed E-state index contributed by atoms with van der Waals surface area (Å²) < 4.78 is 4.23. The first-order valence-electron chi connectivity index (χ1n) is 9.00. The van der Waals surface area contributed by atoms with E-state index in [1.165, 1.54) is 12.8 Å². The maximum atomic E-state index is 12.2. The molecule has 6 heteroatoms. The molecule has 3 heterocycles. The Labute approximate surface area is 152 Å². The molecule has 0 radical (unpaired) electrons. The maximum absolute atomic E-state index is 12.2. The van der Waals surface area contributed by atoms with Gasteiger partial charge >= 0.3 is 6.03 Å². The minimum Gasteiger partial charge on any atom is -0.353 e. The summed E-state index contributed by atoms with van der Waals surface area (Å²) >= 11 is 0. The summed E-state index contributed by atoms with van der Waals surface area (Å²) in [6, 6.07) is 11.6. The first kappa shape index (κ1) is 16.4. The molecule has 2 N–H and O–H groups in total. The lowest BCUT2D eigenvalue weighted by atomic mass is 10.1. The second-order valence-corrected chi connectivity index (χ2v) is 6.69. The van der Waals surface area contributed by atoms with Crippen LogP contribution in [0.1, 0.15) is 24.4 Å². The number of aryl methyl sites for hydroxylation is 3. The number of hydrogen-bond donors (Lipinski definition) is 2. The van der Waals surface area contributed by atoms with Gasteiger partial charge in [0, 0.05) is 49.4 Å². The number of fused-ring (bicyclic) bond motifs is 1. The van der Waals surface area contributed by atoms with Crippen LogP contribution in [0.2, 0.25) is 0 Å². The van der Waals surface area contributed by atoms with E-state index in [0.29, 0.717) is 6.54 Å². The molecule has 0 spiro atoms. The zero-order chi connectivity index (χ0) is 17.9. The molecular weight excluding hydrogens is 326 g/mol. The van der Waals surface area contributed by atoms with Gasteiger partial charge in [0.2, 0.25) is 0 Å². The van der Waals surface area contributed by atoms with Crippen LogP contribution in [0.4, 0.5) is 10.5 Å². The van der Waals surface area contributed by atoms with Gasteiger partial charge in [-0.1, -0.05) is 12.1 Å². The Morgan fingerprint density at radius 3 is 2.96 bits per heavy atom. The third-order valence-corrected chi connectivity index (χ3v) is 4.81. The highest BCUT2D eigenvalue weighted by molar-refractivity contribution is 5.89. The summed E-state index contributed by atoms with van der Waals surface area (Å²) in [5.41, 5.74) is 3.80. The molecule has 6 nitrogen and oxygen atoms in total. The zero-order valence-electron chi connectivity index (χ0n) is 14.9. The molecule has 1 aromatic carbocycles. The number of anilines is 1. The minimum atomic E-state index is -0.215. The van der Waals surface area contributed by atoms with Gasteiger partial charge in [-0.05, 0) is 37.1 Å². The monoisotopic (exact) mass is 349 g/mol. The Bertz CT molecular complexity index is 900. The Morgan fingerprint density at radius 1 is 1.23 bits per heavy atom. The number of carbonyl (C=O) groups is 1. The highest BCUT2D eigenvalue weighted by Crippen LogP contribution is 2.24. The lowest BCUT2D eigenvalue weighted by Gasteiger charge is -2.11. The van der Waals surface area contributed by atoms with Gasteiger partial charge in [0.1, 0.15) is 5.82 Å². The second kappa shape index (κ2) is 7.07. The normalized spacial score (nSPS) is 13.3. The molecule has 1 aliphatic heterocycles. The number of urea groups is 1. The molecule has 0 atom stereocenters. The van der Waals surface area contributed by atoms with E-state index in [1.807, 2.05) is 54.2 Å². The first-order chi connectivity index (χ1) is 12.7. The van der Waals surface area contributed by atoms with E-state index in [9.17, 15) is 4.79 Å². The first-order valence-corrected chi connectivity index (χ1v) is 9.00. The summed E-state index contributed by atoms with van der Waals surface area (Å²) in [6.45, 7) is 1.53. The van der Waals surface area contributed by atoms with E-state index in [1.54, 1.807) is 0 Å². The number of rotatable bonds is 4. The number of benzene rings is 1. The second-order valence-electron chi connectivity index (χ2n) is 6.69. The minimum absolute atomic E-state index is 0.215. The van der Waals surface area contributed by atoms with Gasteiger partial charge in [-0.15, -0.1) is 0 Å². The molecule has 2 amide bonds. The fourth-order valence-corrected chi connectivity index (χ4v) is 3.33. The van der Waals surface area contributed by atoms with E-state index in [0.717, 1.165) is 41.4 Å². The number of hydrogen-bond acceptors (Lipinski definition) is 2. The molecule has 2 aromatic heterocycles. The van der Waals surface area contributed by atoms with Crippen LogP contribution in [-0.2, 0) is 26.6 Å². The van der Waals surface area contributed by atoms with Gasteiger partial charge in [0.15, 0.2) is 0 Å². The van der Waals surface area contributed by atoms with Crippen molar-refractivity contribution in [2.75, 3.05) is 5.32 Å². The van der Waals surface area contributed by atoms with Crippen LogP contribution in [0.25, 0.3) is 11.3 Å². The van der Waals surface area contributed by atoms with Crippen LogP contribution in [0.3, 0.4) is 0 Å². The van der Waals surface area contributed by atoms with Crippen LogP contribution in [0.5, 0.6) is 0 Å². The third kappa shape index (κ3) is 3.49. The lowest BCUT2D eigenvalue weighted by Crippen LogP contribution is -2.28. The summed E-state index contributed by atoms with van der Waals surface area (Å²) in [4.78, 5) is 16.9. The molecule has 26 heavy (non-hydrogen) atoms. The lowest BCUT2D eigenvalue weighted by molar-refractivity contribution is 0.251. The van der Waals surface area contributed by atoms with Gasteiger partial charge in [0.25, 0.3) is 0 Å². The number of carbonyl (C=O) groups excluding carboxylic acids is 1. The van der Waals surface area contributed by atoms with Crippen molar-refractivity contribution in [2.24, 2.45) is 7.05 Å². The standard InChI is InChI=1S/C20H23N5O/c1-24-10-5-8-17(24)13-21-20(26)22-16-7-4-6-15(12-16)18-14-25-11-3-2-9-19(25)23-18/h4-8,10,12,14H,2-3,9,11,13H2,1H3,(H2,21,22,26). The van der Waals surface area contributed by atoms with Crippen molar-refractivity contribution in [1.82, 2.24) is 19.4 Å². The molecule has 0 unspecified atom stereocenters. The molecule has 0 aliphatic carbocycles. The van der Waals surface area contributed by atoms with Crippen molar-refractivity contribution < 1.29 is 4.79 Å². The molecular formula is C20H23N5O. The van der Waals surface area contributed by atoms with Crippen LogP contribution < -0.4 is 10.6 Å². The zero-order valence-corrected chi connectivity index (χ0v) is 14.9. The number of nitrogens with zero attached hydrogens (tertiary/aromatic N) is 3. The largest absolute Gasteiger partial charge is 0.353 e. The quantitative estimate of drug-likeness (QED) is 0.757. The van der Waals surface area contributed by atoms with Crippen LogP contribution in [-0.4, -0.2) is 20.1 Å². The Balaban J connectivity index is 1.43. The van der Waals surface area contributed by atoms with Crippen molar-refractivity contribution in [3.8, 4) is 11.3 Å². The fraction of sp³-hybridized carbons (Fsp3) is 0.300. The molecule has 1 aliphatic rings. The third-order valence-electron chi connectivity index (χ3n) is 4.81. The number of amides is 2. The molecule has 3 aromatic rings. The van der Waals surface area contributed by atoms with E-state index in [4.69, 9.17) is 4.98 Å². The van der Waals surface area contributed by atoms with Crippen molar-refractivity contribution in [3.63, 3.8) is 0 Å². The molecule has 0 fully saturated rings. The van der Waals surface area contributed by atoms with Crippen LogP contribution in [0.15, 0.2) is 48.8 Å². The van der Waals surface area contributed by atoms with Crippen molar-refractivity contribution in [3.05, 3.63) is 60.3 Å². The summed E-state index contributed by atoms with van der Waals surface area (Å²) in [6.07, 6.45) is 7.54. The van der Waals surface area contributed by atoms with E-state index < -0.39 is 0 Å². The predicted molar refractivity (Wildman–Crippen MR) is 102 cm³/mol. The number of aromatic nitrogens is 3. The average Bonchev–Trinajstić information content (AvgIpc) is 3.26. The van der Waals surface area contributed by atoms with Gasteiger partial charge in [-0.25, -0.2) is 9.78 Å². The molecule has 134 valence electrons. The topological polar surface area (TPSA) is 63.9 Å². The van der Waals surface area contributed by atoms with Gasteiger partial charge in [-0.3, -0.25) is 0 Å². The summed E-state index contributed by atoms with van der Waals surface area (Å²) in [7, 11) is 1.96. The maximum Gasteiger partial charge on any atom is 0.319 e. The smallest absolute Gasteiger partial charge is 0.319 e. The number of imidazole rings is 1. The average molecular weight is 349 g/mol. The molecule has 0 saturated carbocycles. The summed E-state index contributed by atoms with van der Waals surface area (Å²) in [5, 5.41) is 5.78. The van der Waals surface area contributed by atoms with Crippen molar-refractivity contribution >= 4 is 11.7 Å². The van der Waals surface area contributed by atoms with E-state index in [2.05, 4.69) is 21.4 Å². The van der Waals surface area contributed by atoms with Crippen LogP contribution in [0, 0.1) is 0 Å². The van der Waals surface area contributed by atoms with Gasteiger partial charge in [-0.2, -0.15) is 0 Å². The molecule has 4 rings (SSSR count). The molecule has 0 saturated heterocycles. The van der Waals surface area contributed by atoms with Gasteiger partial charge < -0.3 is 19.8 Å². The number of nitrogens with one attached hydrogen (secondary N) is 2. The van der Waals surface area contributed by atoms with E-state index in [-0.39, 0.29) is 6.03 Å². The SMILES string of the molecule is Cn1cccc1CNC(=O)Nc1cccc(-c2cn3c(n2)CCCC3)c1. The fourth-order valence-electron chi connectivity index (χ4n) is 3.33. The van der Waals surface area contributed by atoms with E-state index >= 15 is 0 Å². The highest BCUT2D eigenvalue weighted by atomic mass is 16.2. The predicted octanol–water partition coefficient (Wildman–Crippen LogP) is 3.55. The van der Waals surface area contributed by atoms with Crippen molar-refractivity contribution in [1.29, 1.82) is 0 Å². The van der Waals surface area contributed by atoms with Gasteiger partial charge in [0.05, 0.1) is 12.2 Å². The highest BCUT2D eigenvalue weighted by Gasteiger charge is 2.13. The van der Waals surface area contributed by atoms with Crippen LogP contribution >= 0.6 is 0 Å².